The fraction of sp³-hybridized carbons (Fsp3) is 0.526. The maximum absolute atomic E-state index is 12.3. The van der Waals surface area contributed by atoms with Gasteiger partial charge < -0.3 is 14.7 Å². The Morgan fingerprint density at radius 1 is 1.22 bits per heavy atom. The van der Waals surface area contributed by atoms with Crippen molar-refractivity contribution in [3.05, 3.63) is 41.8 Å². The van der Waals surface area contributed by atoms with Gasteiger partial charge in [-0.1, -0.05) is 18.0 Å². The van der Waals surface area contributed by atoms with E-state index in [-0.39, 0.29) is 30.3 Å². The van der Waals surface area contributed by atoms with Crippen molar-refractivity contribution < 1.29 is 14.1 Å². The van der Waals surface area contributed by atoms with Crippen LogP contribution in [0.5, 0.6) is 0 Å². The molecule has 2 aromatic rings. The van der Waals surface area contributed by atoms with Crippen molar-refractivity contribution in [2.45, 2.75) is 57.7 Å². The van der Waals surface area contributed by atoms with Gasteiger partial charge in [-0.25, -0.2) is 0 Å². The lowest BCUT2D eigenvalue weighted by Gasteiger charge is -2.21. The van der Waals surface area contributed by atoms with Crippen molar-refractivity contribution in [1.82, 2.24) is 25.3 Å². The van der Waals surface area contributed by atoms with Crippen molar-refractivity contribution in [1.29, 1.82) is 0 Å². The third-order valence-electron chi connectivity index (χ3n) is 5.35. The van der Waals surface area contributed by atoms with Gasteiger partial charge in [0.15, 0.2) is 5.82 Å². The summed E-state index contributed by atoms with van der Waals surface area (Å²) in [6, 6.07) is 3.55. The van der Waals surface area contributed by atoms with Crippen molar-refractivity contribution >= 4 is 11.8 Å². The van der Waals surface area contributed by atoms with Crippen LogP contribution in [-0.4, -0.2) is 31.8 Å². The van der Waals surface area contributed by atoms with Crippen LogP contribution in [-0.2, 0) is 22.7 Å². The molecule has 0 bridgehead atoms. The summed E-state index contributed by atoms with van der Waals surface area (Å²) in [6.45, 7) is 0.742. The van der Waals surface area contributed by atoms with Gasteiger partial charge in [0.2, 0.25) is 17.7 Å². The molecule has 0 spiro atoms. The van der Waals surface area contributed by atoms with Gasteiger partial charge >= 0.3 is 0 Å². The van der Waals surface area contributed by atoms with Crippen molar-refractivity contribution in [3.63, 3.8) is 0 Å². The van der Waals surface area contributed by atoms with E-state index in [0.29, 0.717) is 31.1 Å². The molecule has 8 heteroatoms. The van der Waals surface area contributed by atoms with Gasteiger partial charge in [0, 0.05) is 31.3 Å². The van der Waals surface area contributed by atoms with E-state index < -0.39 is 0 Å². The fourth-order valence-electron chi connectivity index (χ4n) is 3.85. The first-order valence-corrected chi connectivity index (χ1v) is 9.49. The number of aromatic nitrogens is 3. The number of carbonyl (C=O) groups is 2. The Labute approximate surface area is 157 Å². The van der Waals surface area contributed by atoms with Crippen molar-refractivity contribution in [2.75, 3.05) is 0 Å². The first-order chi connectivity index (χ1) is 13.2. The number of hydrogen-bond donors (Lipinski definition) is 1. The van der Waals surface area contributed by atoms with E-state index in [1.165, 1.54) is 0 Å². The van der Waals surface area contributed by atoms with E-state index in [1.807, 2.05) is 12.1 Å². The molecule has 0 radical (unpaired) electrons. The molecule has 0 unspecified atom stereocenters. The Morgan fingerprint density at radius 3 is 2.78 bits per heavy atom. The Kier molecular flexibility index (Phi) is 5.13. The van der Waals surface area contributed by atoms with E-state index in [4.69, 9.17) is 4.52 Å². The van der Waals surface area contributed by atoms with Crippen LogP contribution in [0.25, 0.3) is 0 Å². The molecule has 1 aliphatic carbocycles. The number of nitrogens with one attached hydrogen (secondary N) is 1. The van der Waals surface area contributed by atoms with Crippen LogP contribution in [0, 0.1) is 5.92 Å². The van der Waals surface area contributed by atoms with Crippen LogP contribution in [0.3, 0.4) is 0 Å². The van der Waals surface area contributed by atoms with Crippen LogP contribution in [0.15, 0.2) is 29.0 Å². The summed E-state index contributed by atoms with van der Waals surface area (Å²) in [5.74, 6) is 1.12. The molecule has 1 saturated heterocycles. The van der Waals surface area contributed by atoms with Gasteiger partial charge in [-0.3, -0.25) is 14.6 Å². The molecular formula is C19H23N5O3. The summed E-state index contributed by atoms with van der Waals surface area (Å²) in [5, 5.41) is 6.87. The number of pyridine rings is 1. The summed E-state index contributed by atoms with van der Waals surface area (Å²) < 4.78 is 5.40. The van der Waals surface area contributed by atoms with Crippen LogP contribution in [0.1, 0.15) is 61.8 Å². The highest BCUT2D eigenvalue weighted by atomic mass is 16.5. The summed E-state index contributed by atoms with van der Waals surface area (Å²) >= 11 is 0. The van der Waals surface area contributed by atoms with E-state index in [1.54, 1.807) is 17.3 Å². The zero-order chi connectivity index (χ0) is 18.6. The number of hydrogen-bond acceptors (Lipinski definition) is 6. The molecule has 2 amide bonds. The first kappa shape index (κ1) is 17.6. The molecule has 1 atom stereocenters. The minimum Gasteiger partial charge on any atom is -0.348 e. The SMILES string of the molecule is O=C(NCc1noc([C@@H]2CCC(=O)N2Cc2ccncc2)n1)C1CCCC1. The second kappa shape index (κ2) is 7.85. The molecule has 4 rings (SSSR count). The van der Waals surface area contributed by atoms with E-state index in [2.05, 4.69) is 20.4 Å². The molecule has 8 nitrogen and oxygen atoms in total. The van der Waals surface area contributed by atoms with Crippen molar-refractivity contribution in [2.24, 2.45) is 5.92 Å². The molecule has 1 N–H and O–H groups in total. The lowest BCUT2D eigenvalue weighted by Crippen LogP contribution is -2.29. The summed E-state index contributed by atoms with van der Waals surface area (Å²) in [4.78, 5) is 34.6. The second-order valence-corrected chi connectivity index (χ2v) is 7.18. The maximum atomic E-state index is 12.3. The molecule has 0 aromatic carbocycles. The van der Waals surface area contributed by atoms with Crippen LogP contribution < -0.4 is 5.32 Å². The Balaban J connectivity index is 1.39. The molecule has 142 valence electrons. The average Bonchev–Trinajstić information content (AvgIpc) is 3.43. The smallest absolute Gasteiger partial charge is 0.249 e. The maximum Gasteiger partial charge on any atom is 0.249 e. The zero-order valence-corrected chi connectivity index (χ0v) is 15.1. The van der Waals surface area contributed by atoms with Gasteiger partial charge in [-0.05, 0) is 37.0 Å². The van der Waals surface area contributed by atoms with E-state index in [0.717, 1.165) is 31.2 Å². The normalized spacial score (nSPS) is 20.4. The van der Waals surface area contributed by atoms with E-state index >= 15 is 0 Å². The number of carbonyl (C=O) groups excluding carboxylic acids is 2. The largest absolute Gasteiger partial charge is 0.348 e. The highest BCUT2D eigenvalue weighted by Crippen LogP contribution is 2.33. The van der Waals surface area contributed by atoms with Gasteiger partial charge in [-0.2, -0.15) is 4.98 Å². The molecule has 2 aliphatic rings. The quantitative estimate of drug-likeness (QED) is 0.837. The Bertz CT molecular complexity index is 801. The molecular weight excluding hydrogens is 346 g/mol. The molecule has 3 heterocycles. The van der Waals surface area contributed by atoms with Gasteiger partial charge in [0.05, 0.1) is 6.54 Å². The second-order valence-electron chi connectivity index (χ2n) is 7.18. The third kappa shape index (κ3) is 3.99. The number of rotatable bonds is 6. The summed E-state index contributed by atoms with van der Waals surface area (Å²) in [7, 11) is 0. The molecule has 1 aliphatic heterocycles. The highest BCUT2D eigenvalue weighted by Gasteiger charge is 2.36. The Morgan fingerprint density at radius 2 is 2.00 bits per heavy atom. The minimum atomic E-state index is -0.225. The first-order valence-electron chi connectivity index (χ1n) is 9.49. The van der Waals surface area contributed by atoms with Crippen molar-refractivity contribution in [3.8, 4) is 0 Å². The summed E-state index contributed by atoms with van der Waals surface area (Å²) in [6.07, 6.45) is 8.69. The molecule has 27 heavy (non-hydrogen) atoms. The van der Waals surface area contributed by atoms with Gasteiger partial charge in [0.1, 0.15) is 6.04 Å². The van der Waals surface area contributed by atoms with E-state index in [9.17, 15) is 9.59 Å². The summed E-state index contributed by atoms with van der Waals surface area (Å²) in [5.41, 5.74) is 1.01. The Hall–Kier alpha value is -2.77. The minimum absolute atomic E-state index is 0.0641. The molecule has 2 fully saturated rings. The molecule has 1 saturated carbocycles. The standard InChI is InChI=1S/C19H23N5O3/c25-17-6-5-15(24(17)12-13-7-9-20-10-8-13)19-22-16(23-27-19)11-21-18(26)14-3-1-2-4-14/h7-10,14-15H,1-6,11-12H2,(H,21,26)/t15-/m0/s1. The van der Waals surface area contributed by atoms with Crippen LogP contribution in [0.2, 0.25) is 0 Å². The van der Waals surface area contributed by atoms with Gasteiger partial charge in [-0.15, -0.1) is 0 Å². The number of amides is 2. The lowest BCUT2D eigenvalue weighted by atomic mass is 10.1. The number of nitrogens with zero attached hydrogens (tertiary/aromatic N) is 4. The van der Waals surface area contributed by atoms with Crippen LogP contribution >= 0.6 is 0 Å². The predicted octanol–water partition coefficient (Wildman–Crippen LogP) is 2.13. The molecule has 2 aromatic heterocycles. The van der Waals surface area contributed by atoms with Crippen LogP contribution in [0.4, 0.5) is 0 Å². The predicted molar refractivity (Wildman–Crippen MR) is 94.9 cm³/mol. The number of likely N-dealkylation sites (tertiary alicyclic amines) is 1. The topological polar surface area (TPSA) is 101 Å². The zero-order valence-electron chi connectivity index (χ0n) is 15.1. The third-order valence-corrected chi connectivity index (χ3v) is 5.35. The average molecular weight is 369 g/mol. The fourth-order valence-corrected chi connectivity index (χ4v) is 3.85. The lowest BCUT2D eigenvalue weighted by molar-refractivity contribution is -0.130. The van der Waals surface area contributed by atoms with Gasteiger partial charge in [0.25, 0.3) is 0 Å². The monoisotopic (exact) mass is 369 g/mol. The highest BCUT2D eigenvalue weighted by molar-refractivity contribution is 5.79.